The van der Waals surface area contributed by atoms with Crippen LogP contribution < -0.4 is 31.7 Å². The Labute approximate surface area is 248 Å². The van der Waals surface area contributed by atoms with Gasteiger partial charge < -0.3 is 32.1 Å². The topological polar surface area (TPSA) is 226 Å². The highest BCUT2D eigenvalue weighted by atomic mass is 35.5. The molecule has 0 spiro atoms. The van der Waals surface area contributed by atoms with Gasteiger partial charge >= 0.3 is 5.97 Å². The number of aliphatic imine (C=N–C) groups is 1. The van der Waals surface area contributed by atoms with E-state index in [4.69, 9.17) is 28.2 Å². The Morgan fingerprint density at radius 2 is 1.69 bits per heavy atom. The van der Waals surface area contributed by atoms with Crippen molar-refractivity contribution in [2.45, 2.75) is 42.7 Å². The number of hydrogen-bond acceptors (Lipinski definition) is 8. The highest BCUT2D eigenvalue weighted by Crippen LogP contribution is 2.30. The molecular weight excluding hydrogens is 590 g/mol. The number of halogens is 1. The second kappa shape index (κ2) is 15.9. The van der Waals surface area contributed by atoms with Crippen LogP contribution in [0.5, 0.6) is 0 Å². The van der Waals surface area contributed by atoms with Crippen molar-refractivity contribution in [1.82, 2.24) is 15.4 Å². The Bertz CT molecular complexity index is 1430. The van der Waals surface area contributed by atoms with Crippen molar-refractivity contribution < 1.29 is 32.7 Å². The number of carbonyl (C=O) groups is 4. The Balaban J connectivity index is 2.18. The molecule has 2 amide bonds. The molecule has 8 N–H and O–H groups in total. The van der Waals surface area contributed by atoms with Crippen LogP contribution in [0.1, 0.15) is 25.7 Å². The van der Waals surface area contributed by atoms with E-state index in [2.05, 4.69) is 20.3 Å². The lowest BCUT2D eigenvalue weighted by Gasteiger charge is -2.20. The number of nitrogens with two attached hydrogens (primary N) is 2. The van der Waals surface area contributed by atoms with Crippen LogP contribution in [0.2, 0.25) is 0 Å². The lowest BCUT2D eigenvalue weighted by molar-refractivity contribution is -0.137. The number of hydrogen-bond donors (Lipinski definition) is 6. The van der Waals surface area contributed by atoms with Crippen LogP contribution in [0.15, 0.2) is 46.3 Å². The molecule has 0 heterocycles. The Morgan fingerprint density at radius 1 is 1.02 bits per heavy atom. The third-order valence-corrected chi connectivity index (χ3v) is 7.91. The van der Waals surface area contributed by atoms with Gasteiger partial charge in [0, 0.05) is 43.5 Å². The molecule has 2 aromatic rings. The monoisotopic (exact) mass is 625 g/mol. The predicted molar refractivity (Wildman–Crippen MR) is 160 cm³/mol. The number of aliphatic carboxylic acids is 1. The van der Waals surface area contributed by atoms with Crippen LogP contribution >= 0.6 is 11.6 Å². The van der Waals surface area contributed by atoms with E-state index >= 15 is 0 Å². The lowest BCUT2D eigenvalue weighted by Crippen LogP contribution is -2.51. The highest BCUT2D eigenvalue weighted by molar-refractivity contribution is 7.89. The van der Waals surface area contributed by atoms with Gasteiger partial charge in [0.15, 0.2) is 11.7 Å². The van der Waals surface area contributed by atoms with Gasteiger partial charge in [0.1, 0.15) is 6.04 Å². The summed E-state index contributed by atoms with van der Waals surface area (Å²) in [5.74, 6) is -3.83. The number of amides is 2. The largest absolute Gasteiger partial charge is 0.481 e. The summed E-state index contributed by atoms with van der Waals surface area (Å²) in [5, 5.41) is 15.0. The molecule has 0 radical (unpaired) electrons. The average molecular weight is 626 g/mol. The number of sulfonamides is 1. The lowest BCUT2D eigenvalue weighted by atomic mass is 10.1. The molecule has 0 aliphatic rings. The molecule has 2 rings (SSSR count). The summed E-state index contributed by atoms with van der Waals surface area (Å²) >= 11 is 5.64. The first-order valence-corrected chi connectivity index (χ1v) is 14.9. The van der Waals surface area contributed by atoms with Gasteiger partial charge in [-0.25, -0.2) is 8.42 Å². The molecule has 0 saturated heterocycles. The molecule has 0 aromatic heterocycles. The normalized spacial score (nSPS) is 12.6. The second-order valence-electron chi connectivity index (χ2n) is 9.52. The van der Waals surface area contributed by atoms with Crippen LogP contribution in [-0.4, -0.2) is 88.2 Å². The number of guanidine groups is 1. The molecule has 14 nitrogen and oxygen atoms in total. The molecule has 2 atom stereocenters. The summed E-state index contributed by atoms with van der Waals surface area (Å²) in [6.45, 7) is -0.385. The van der Waals surface area contributed by atoms with Gasteiger partial charge in [-0.2, -0.15) is 4.72 Å². The number of carboxylic acids is 1. The second-order valence-corrected chi connectivity index (χ2v) is 11.5. The first kappa shape index (κ1) is 34.3. The molecule has 0 fully saturated rings. The summed E-state index contributed by atoms with van der Waals surface area (Å²) in [5.41, 5.74) is 11.3. The molecular formula is C26H36ClN7O7S. The SMILES string of the molecule is CN(C)c1cccc2c(S(=O)(=O)N[C@@H](CCC(=O)O)C(=O)NCC(=O)N[C@@H](CCCN=C(N)N)C(=O)CCl)cccc12. The van der Waals surface area contributed by atoms with E-state index in [1.165, 1.54) is 6.07 Å². The standard InChI is InChI=1S/C26H36ClN7O7S/c1-34(2)20-9-3-7-17-16(20)6-4-10-22(17)42(40,41)33-19(11-12-24(37)38)25(39)31-15-23(36)32-18(21(35)14-27)8-5-13-30-26(28)29/h3-4,6-7,9-10,18-19,33H,5,8,11-15H2,1-2H3,(H,31,39)(H,32,36)(H,37,38)(H4,28,29,30)/t18-,19-/m0/s1. The maximum atomic E-state index is 13.4. The van der Waals surface area contributed by atoms with Crippen LogP contribution in [-0.2, 0) is 29.2 Å². The van der Waals surface area contributed by atoms with Gasteiger partial charge in [-0.1, -0.05) is 24.3 Å². The fraction of sp³-hybridized carbons (Fsp3) is 0.423. The molecule has 16 heteroatoms. The first-order chi connectivity index (χ1) is 19.8. The number of Topliss-reactive ketones (excluding diaryl/α,β-unsaturated/α-hetero) is 1. The van der Waals surface area contributed by atoms with E-state index in [9.17, 15) is 27.6 Å². The summed E-state index contributed by atoms with van der Waals surface area (Å²) in [6, 6.07) is 7.40. The summed E-state index contributed by atoms with van der Waals surface area (Å²) < 4.78 is 29.2. The number of nitrogens with zero attached hydrogens (tertiary/aromatic N) is 2. The summed E-state index contributed by atoms with van der Waals surface area (Å²) in [7, 11) is -0.690. The first-order valence-electron chi connectivity index (χ1n) is 12.9. The molecule has 0 unspecified atom stereocenters. The highest BCUT2D eigenvalue weighted by Gasteiger charge is 2.28. The van der Waals surface area contributed by atoms with Crippen molar-refractivity contribution in [3.63, 3.8) is 0 Å². The predicted octanol–water partition coefficient (Wildman–Crippen LogP) is -0.120. The maximum Gasteiger partial charge on any atom is 0.303 e. The Morgan fingerprint density at radius 3 is 2.31 bits per heavy atom. The van der Waals surface area contributed by atoms with Crippen LogP contribution in [0, 0.1) is 0 Å². The van der Waals surface area contributed by atoms with Crippen LogP contribution in [0.3, 0.4) is 0 Å². The molecule has 42 heavy (non-hydrogen) atoms. The molecule has 0 bridgehead atoms. The number of ketones is 1. The number of carboxylic acid groups (broad SMARTS) is 1. The van der Waals surface area contributed by atoms with Crippen molar-refractivity contribution >= 4 is 67.6 Å². The number of nitrogens with one attached hydrogen (secondary N) is 3. The van der Waals surface area contributed by atoms with Gasteiger partial charge in [-0.15, -0.1) is 11.6 Å². The number of benzene rings is 2. The summed E-state index contributed by atoms with van der Waals surface area (Å²) in [4.78, 5) is 54.4. The Hall–Kier alpha value is -3.95. The van der Waals surface area contributed by atoms with Crippen molar-refractivity contribution in [2.24, 2.45) is 16.5 Å². The van der Waals surface area contributed by atoms with Crippen molar-refractivity contribution in [2.75, 3.05) is 38.0 Å². The van der Waals surface area contributed by atoms with E-state index in [-0.39, 0.29) is 36.1 Å². The minimum Gasteiger partial charge on any atom is -0.481 e. The summed E-state index contributed by atoms with van der Waals surface area (Å²) in [6.07, 6.45) is -0.353. The van der Waals surface area contributed by atoms with Gasteiger partial charge in [0.25, 0.3) is 0 Å². The van der Waals surface area contributed by atoms with Crippen LogP contribution in [0.25, 0.3) is 10.8 Å². The van der Waals surface area contributed by atoms with Crippen molar-refractivity contribution in [3.05, 3.63) is 36.4 Å². The van der Waals surface area contributed by atoms with E-state index in [1.54, 1.807) is 24.3 Å². The smallest absolute Gasteiger partial charge is 0.303 e. The zero-order valence-electron chi connectivity index (χ0n) is 23.3. The van der Waals surface area contributed by atoms with E-state index in [0.717, 1.165) is 5.69 Å². The van der Waals surface area contributed by atoms with Crippen LogP contribution in [0.4, 0.5) is 5.69 Å². The van der Waals surface area contributed by atoms with Crippen molar-refractivity contribution in [3.8, 4) is 0 Å². The quantitative estimate of drug-likeness (QED) is 0.0591. The number of carbonyl (C=O) groups excluding carboxylic acids is 3. The average Bonchev–Trinajstić information content (AvgIpc) is 2.93. The third-order valence-electron chi connectivity index (χ3n) is 6.12. The van der Waals surface area contributed by atoms with Gasteiger partial charge in [0.2, 0.25) is 21.8 Å². The van der Waals surface area contributed by atoms with Gasteiger partial charge in [-0.05, 0) is 31.4 Å². The zero-order valence-corrected chi connectivity index (χ0v) is 24.9. The fourth-order valence-corrected chi connectivity index (χ4v) is 5.74. The minimum absolute atomic E-state index is 0.0993. The zero-order chi connectivity index (χ0) is 31.4. The van der Waals surface area contributed by atoms with E-state index in [0.29, 0.717) is 17.2 Å². The molecule has 230 valence electrons. The molecule has 0 aliphatic heterocycles. The number of anilines is 1. The Kier molecular flexibility index (Phi) is 13.0. The fourth-order valence-electron chi connectivity index (χ4n) is 4.10. The molecule has 0 aliphatic carbocycles. The number of fused-ring (bicyclic) bond motifs is 1. The maximum absolute atomic E-state index is 13.4. The number of alkyl halides is 1. The number of rotatable bonds is 17. The van der Waals surface area contributed by atoms with Gasteiger partial charge in [-0.3, -0.25) is 24.2 Å². The van der Waals surface area contributed by atoms with Crippen molar-refractivity contribution in [1.29, 1.82) is 0 Å². The minimum atomic E-state index is -4.32. The molecule has 0 saturated carbocycles. The van der Waals surface area contributed by atoms with Gasteiger partial charge in [0.05, 0.1) is 23.4 Å². The third kappa shape index (κ3) is 10.2. The van der Waals surface area contributed by atoms with E-state index in [1.807, 2.05) is 25.1 Å². The molecule has 2 aromatic carbocycles. The van der Waals surface area contributed by atoms with E-state index < -0.39 is 58.6 Å².